The van der Waals surface area contributed by atoms with Gasteiger partial charge in [-0.25, -0.2) is 0 Å². The lowest BCUT2D eigenvalue weighted by molar-refractivity contribution is -0.697. The highest BCUT2D eigenvalue weighted by molar-refractivity contribution is 8.03. The molecule has 1 atom stereocenters. The smallest absolute Gasteiger partial charge is 0.388 e. The monoisotopic (exact) mass is 487 g/mol. The zero-order valence-electron chi connectivity index (χ0n) is 20.5. The highest BCUT2D eigenvalue weighted by Gasteiger charge is 2.41. The summed E-state index contributed by atoms with van der Waals surface area (Å²) in [6.45, 7) is 12.8. The Bertz CT molecular complexity index is 1320. The number of hydrogen-bond donors (Lipinski definition) is 0. The summed E-state index contributed by atoms with van der Waals surface area (Å²) >= 11 is 3.65. The van der Waals surface area contributed by atoms with E-state index in [1.807, 2.05) is 11.8 Å². The van der Waals surface area contributed by atoms with Crippen molar-refractivity contribution < 1.29 is 9.30 Å². The van der Waals surface area contributed by atoms with Crippen molar-refractivity contribution in [3.8, 4) is 5.88 Å². The molecule has 5 rings (SSSR count). The maximum absolute atomic E-state index is 6.76. The van der Waals surface area contributed by atoms with E-state index in [1.165, 1.54) is 42.2 Å². The summed E-state index contributed by atoms with van der Waals surface area (Å²) in [5.74, 6) is 0.967. The van der Waals surface area contributed by atoms with Crippen molar-refractivity contribution in [3.63, 3.8) is 0 Å². The summed E-state index contributed by atoms with van der Waals surface area (Å²) in [6, 6.07) is 19.2. The number of nitrogens with zero attached hydrogens (tertiary/aromatic N) is 2. The predicted molar refractivity (Wildman–Crippen MR) is 145 cm³/mol. The third kappa shape index (κ3) is 3.91. The Labute approximate surface area is 211 Å². The first kappa shape index (κ1) is 23.0. The molecule has 174 valence electrons. The van der Waals surface area contributed by atoms with Crippen molar-refractivity contribution in [2.24, 2.45) is 0 Å². The zero-order chi connectivity index (χ0) is 23.9. The highest BCUT2D eigenvalue weighted by Crippen LogP contribution is 2.46. The number of thioether (sulfide) groups is 1. The van der Waals surface area contributed by atoms with Crippen LogP contribution in [0.5, 0.6) is 5.88 Å². The Kier molecular flexibility index (Phi) is 6.17. The Balaban J connectivity index is 1.49. The fraction of sp³-hybridized carbons (Fsp3) is 0.276. The summed E-state index contributed by atoms with van der Waals surface area (Å²) in [6.07, 6.45) is 6.91. The van der Waals surface area contributed by atoms with Gasteiger partial charge in [-0.1, -0.05) is 65.6 Å². The van der Waals surface area contributed by atoms with Gasteiger partial charge in [-0.2, -0.15) is 4.57 Å². The van der Waals surface area contributed by atoms with Crippen molar-refractivity contribution >= 4 is 40.9 Å². The number of rotatable bonds is 5. The molecule has 3 heterocycles. The molecule has 0 spiro atoms. The molecule has 3 nitrogen and oxygen atoms in total. The molecule has 0 bridgehead atoms. The minimum absolute atomic E-state index is 0.460. The van der Waals surface area contributed by atoms with E-state index in [0.29, 0.717) is 0 Å². The Morgan fingerprint density at radius 3 is 2.56 bits per heavy atom. The molecule has 0 N–H and O–H groups in total. The SMILES string of the molecule is CCN1C(=CC(C)=Cc2sc3c([n+]2CC)OC(C)(c2ccccc2)C(C)=C3)Sc2ccccc21. The molecule has 1 unspecified atom stereocenters. The van der Waals surface area contributed by atoms with E-state index in [1.54, 1.807) is 11.3 Å². The number of ether oxygens (including phenoxy) is 1. The van der Waals surface area contributed by atoms with Crippen molar-refractivity contribution in [1.29, 1.82) is 0 Å². The van der Waals surface area contributed by atoms with Crippen LogP contribution in [0.3, 0.4) is 0 Å². The van der Waals surface area contributed by atoms with Crippen molar-refractivity contribution in [1.82, 2.24) is 0 Å². The first-order chi connectivity index (χ1) is 16.4. The van der Waals surface area contributed by atoms with Gasteiger partial charge in [-0.05, 0) is 75.6 Å². The molecule has 0 radical (unpaired) electrons. The zero-order valence-corrected chi connectivity index (χ0v) is 22.1. The summed E-state index contributed by atoms with van der Waals surface area (Å²) in [7, 11) is 0. The van der Waals surface area contributed by atoms with Crippen LogP contribution in [-0.2, 0) is 12.1 Å². The number of para-hydroxylation sites is 1. The largest absolute Gasteiger partial charge is 0.427 e. The second-order valence-corrected chi connectivity index (χ2v) is 11.0. The average molecular weight is 488 g/mol. The quantitative estimate of drug-likeness (QED) is 0.344. The molecular formula is C29H31N2OS2+. The number of thiazole rings is 1. The molecule has 0 fully saturated rings. The second kappa shape index (κ2) is 9.12. The third-order valence-corrected chi connectivity index (χ3v) is 8.81. The lowest BCUT2D eigenvalue weighted by Crippen LogP contribution is -2.41. The molecule has 0 saturated heterocycles. The average Bonchev–Trinajstić information content (AvgIpc) is 3.35. The molecule has 34 heavy (non-hydrogen) atoms. The van der Waals surface area contributed by atoms with E-state index >= 15 is 0 Å². The number of hydrogen-bond acceptors (Lipinski definition) is 4. The maximum Gasteiger partial charge on any atom is 0.388 e. The van der Waals surface area contributed by atoms with Crippen LogP contribution in [0.4, 0.5) is 5.69 Å². The molecule has 2 aromatic carbocycles. The van der Waals surface area contributed by atoms with E-state index < -0.39 is 5.60 Å². The van der Waals surface area contributed by atoms with Crippen LogP contribution in [-0.4, -0.2) is 6.54 Å². The van der Waals surface area contributed by atoms with Gasteiger partial charge in [0.25, 0.3) is 5.01 Å². The molecule has 3 aromatic rings. The third-order valence-electron chi connectivity index (χ3n) is 6.63. The summed E-state index contributed by atoms with van der Waals surface area (Å²) < 4.78 is 9.07. The van der Waals surface area contributed by atoms with E-state index in [0.717, 1.165) is 19.0 Å². The van der Waals surface area contributed by atoms with Gasteiger partial charge in [0.05, 0.1) is 10.7 Å². The molecular weight excluding hydrogens is 456 g/mol. The van der Waals surface area contributed by atoms with Gasteiger partial charge in [0, 0.05) is 17.5 Å². The number of aromatic nitrogens is 1. The molecule has 5 heteroatoms. The first-order valence-electron chi connectivity index (χ1n) is 11.9. The Morgan fingerprint density at radius 2 is 1.82 bits per heavy atom. The van der Waals surface area contributed by atoms with Gasteiger partial charge < -0.3 is 9.64 Å². The van der Waals surface area contributed by atoms with Crippen LogP contribution in [0, 0.1) is 0 Å². The van der Waals surface area contributed by atoms with E-state index in [9.17, 15) is 0 Å². The lowest BCUT2D eigenvalue weighted by Gasteiger charge is -2.32. The lowest BCUT2D eigenvalue weighted by atomic mass is 9.87. The normalized spacial score (nSPS) is 20.7. The first-order valence-corrected chi connectivity index (χ1v) is 13.5. The second-order valence-electron chi connectivity index (χ2n) is 8.87. The van der Waals surface area contributed by atoms with E-state index in [4.69, 9.17) is 4.74 Å². The minimum atomic E-state index is -0.460. The molecule has 2 aliphatic rings. The van der Waals surface area contributed by atoms with Gasteiger partial charge in [-0.15, -0.1) is 0 Å². The molecule has 2 aliphatic heterocycles. The van der Waals surface area contributed by atoms with Crippen LogP contribution in [0.2, 0.25) is 0 Å². The summed E-state index contributed by atoms with van der Waals surface area (Å²) in [5, 5.41) is 2.50. The maximum atomic E-state index is 6.76. The van der Waals surface area contributed by atoms with Gasteiger partial charge in [0.1, 0.15) is 4.88 Å². The number of benzene rings is 2. The fourth-order valence-corrected chi connectivity index (χ4v) is 7.12. The number of allylic oxidation sites excluding steroid dienone is 2. The Hall–Kier alpha value is -2.76. The van der Waals surface area contributed by atoms with Gasteiger partial charge in [0.2, 0.25) is 0 Å². The van der Waals surface area contributed by atoms with Crippen molar-refractivity contribution in [2.75, 3.05) is 11.4 Å². The van der Waals surface area contributed by atoms with E-state index in [-0.39, 0.29) is 0 Å². The van der Waals surface area contributed by atoms with Crippen molar-refractivity contribution in [3.05, 3.63) is 92.3 Å². The predicted octanol–water partition coefficient (Wildman–Crippen LogP) is 7.64. The van der Waals surface area contributed by atoms with Crippen LogP contribution >= 0.6 is 23.1 Å². The number of anilines is 1. The summed E-state index contributed by atoms with van der Waals surface area (Å²) in [5.41, 5.74) is 4.49. The minimum Gasteiger partial charge on any atom is -0.427 e. The Morgan fingerprint density at radius 1 is 1.09 bits per heavy atom. The highest BCUT2D eigenvalue weighted by atomic mass is 32.2. The standard InChI is InChI=1S/C29H31N2OS2/c1-6-30-23-15-11-12-16-24(23)33-26(30)17-20(3)18-27-31(7-2)28-25(34-27)19-21(4)29(5,32-28)22-13-9-8-10-14-22/h8-19H,6-7H2,1-5H3/q+1. The van der Waals surface area contributed by atoms with Gasteiger partial charge in [0.15, 0.2) is 12.1 Å². The van der Waals surface area contributed by atoms with Crippen LogP contribution in [0.25, 0.3) is 12.2 Å². The van der Waals surface area contributed by atoms with Crippen molar-refractivity contribution in [2.45, 2.75) is 51.7 Å². The van der Waals surface area contributed by atoms with Crippen LogP contribution in [0.1, 0.15) is 50.1 Å². The van der Waals surface area contributed by atoms with Gasteiger partial charge >= 0.3 is 5.88 Å². The number of fused-ring (bicyclic) bond motifs is 2. The molecule has 1 aromatic heterocycles. The van der Waals surface area contributed by atoms with Crippen LogP contribution < -0.4 is 14.2 Å². The summed E-state index contributed by atoms with van der Waals surface area (Å²) in [4.78, 5) is 4.91. The fourth-order valence-electron chi connectivity index (χ4n) is 4.62. The molecule has 0 amide bonds. The molecule has 0 saturated carbocycles. The van der Waals surface area contributed by atoms with E-state index in [2.05, 4.69) is 117 Å². The van der Waals surface area contributed by atoms with Gasteiger partial charge in [-0.3, -0.25) is 0 Å². The molecule has 0 aliphatic carbocycles. The topological polar surface area (TPSA) is 16.4 Å². The van der Waals surface area contributed by atoms with Crippen LogP contribution in [0.15, 0.2) is 81.7 Å².